The fourth-order valence-corrected chi connectivity index (χ4v) is 1.60. The predicted molar refractivity (Wildman–Crippen MR) is 62.2 cm³/mol. The van der Waals surface area contributed by atoms with Crippen molar-refractivity contribution in [2.45, 2.75) is 25.6 Å². The third-order valence-electron chi connectivity index (χ3n) is 2.23. The molecule has 1 aromatic carbocycles. The van der Waals surface area contributed by atoms with Gasteiger partial charge in [-0.1, -0.05) is 23.8 Å². The van der Waals surface area contributed by atoms with E-state index in [0.717, 1.165) is 5.56 Å². The van der Waals surface area contributed by atoms with Crippen molar-refractivity contribution in [1.29, 1.82) is 0 Å². The number of carboxylic acid groups (broad SMARTS) is 1. The molecule has 86 valence electrons. The molecule has 0 aliphatic rings. The monoisotopic (exact) mass is 240 g/mol. The molecule has 0 aliphatic carbocycles. The van der Waals surface area contributed by atoms with Crippen molar-refractivity contribution < 1.29 is 14.7 Å². The molecule has 1 rings (SSSR count). The van der Waals surface area contributed by atoms with Crippen LogP contribution in [0, 0.1) is 6.92 Å². The van der Waals surface area contributed by atoms with Crippen LogP contribution < -0.4 is 0 Å². The van der Waals surface area contributed by atoms with Crippen LogP contribution in [-0.2, 0) is 11.2 Å². The van der Waals surface area contributed by atoms with Gasteiger partial charge in [0.05, 0.1) is 11.8 Å². The molecule has 0 aliphatic heterocycles. The molecule has 1 unspecified atom stereocenters. The first-order valence-corrected chi connectivity index (χ1v) is 5.35. The van der Waals surface area contributed by atoms with Gasteiger partial charge in [0, 0.05) is 5.56 Å². The normalized spacial score (nSPS) is 12.2. The van der Waals surface area contributed by atoms with Gasteiger partial charge in [-0.05, 0) is 19.4 Å². The van der Waals surface area contributed by atoms with E-state index in [2.05, 4.69) is 0 Å². The van der Waals surface area contributed by atoms with E-state index in [4.69, 9.17) is 16.7 Å². The number of Topliss-reactive ketones (excluding diaryl/α,β-unsaturated/α-hetero) is 1. The van der Waals surface area contributed by atoms with E-state index < -0.39 is 11.3 Å². The standard InChI is InChI=1S/C12H13ClO3/c1-7-3-4-10(12(16)8(2)13)9(5-7)6-11(14)15/h3-5,8H,6H2,1-2H3,(H,14,15). The molecule has 0 radical (unpaired) electrons. The summed E-state index contributed by atoms with van der Waals surface area (Å²) < 4.78 is 0. The molecule has 0 spiro atoms. The van der Waals surface area contributed by atoms with Crippen LogP contribution in [0.4, 0.5) is 0 Å². The third-order valence-corrected chi connectivity index (χ3v) is 2.43. The maximum Gasteiger partial charge on any atom is 0.307 e. The summed E-state index contributed by atoms with van der Waals surface area (Å²) in [6.07, 6.45) is -0.160. The van der Waals surface area contributed by atoms with Crippen LogP contribution in [0.5, 0.6) is 0 Å². The van der Waals surface area contributed by atoms with Crippen molar-refractivity contribution >= 4 is 23.4 Å². The Balaban J connectivity index is 3.17. The van der Waals surface area contributed by atoms with Crippen molar-refractivity contribution in [3.05, 3.63) is 34.9 Å². The molecular formula is C12H13ClO3. The quantitative estimate of drug-likeness (QED) is 0.650. The molecule has 0 heterocycles. The zero-order chi connectivity index (χ0) is 12.3. The number of aliphatic carboxylic acids is 1. The second kappa shape index (κ2) is 5.12. The van der Waals surface area contributed by atoms with Gasteiger partial charge >= 0.3 is 5.97 Å². The number of aryl methyl sites for hydroxylation is 1. The molecule has 1 atom stereocenters. The Hall–Kier alpha value is -1.35. The van der Waals surface area contributed by atoms with Crippen LogP contribution in [0.15, 0.2) is 18.2 Å². The number of carbonyl (C=O) groups is 2. The second-order valence-corrected chi connectivity index (χ2v) is 4.37. The zero-order valence-corrected chi connectivity index (χ0v) is 9.91. The van der Waals surface area contributed by atoms with Crippen molar-refractivity contribution in [1.82, 2.24) is 0 Å². The first-order valence-electron chi connectivity index (χ1n) is 4.91. The van der Waals surface area contributed by atoms with Gasteiger partial charge in [0.15, 0.2) is 5.78 Å². The SMILES string of the molecule is Cc1ccc(C(=O)C(C)Cl)c(CC(=O)O)c1. The van der Waals surface area contributed by atoms with Gasteiger partial charge in [0.25, 0.3) is 0 Å². The molecule has 16 heavy (non-hydrogen) atoms. The van der Waals surface area contributed by atoms with E-state index in [0.29, 0.717) is 11.1 Å². The van der Waals surface area contributed by atoms with Gasteiger partial charge in [0.2, 0.25) is 0 Å². The van der Waals surface area contributed by atoms with Crippen LogP contribution in [-0.4, -0.2) is 22.2 Å². The maximum absolute atomic E-state index is 11.7. The number of rotatable bonds is 4. The molecule has 0 saturated carbocycles. The molecule has 0 amide bonds. The summed E-state index contributed by atoms with van der Waals surface area (Å²) in [6, 6.07) is 5.12. The predicted octanol–water partition coefficient (Wildman–Crippen LogP) is 2.43. The zero-order valence-electron chi connectivity index (χ0n) is 9.16. The van der Waals surface area contributed by atoms with Gasteiger partial charge in [-0.3, -0.25) is 9.59 Å². The Labute approximate surface area is 99.0 Å². The average molecular weight is 241 g/mol. The van der Waals surface area contributed by atoms with Crippen LogP contribution in [0.1, 0.15) is 28.4 Å². The van der Waals surface area contributed by atoms with E-state index in [1.54, 1.807) is 25.1 Å². The second-order valence-electron chi connectivity index (χ2n) is 3.71. The van der Waals surface area contributed by atoms with Crippen molar-refractivity contribution in [3.63, 3.8) is 0 Å². The van der Waals surface area contributed by atoms with Crippen LogP contribution in [0.3, 0.4) is 0 Å². The minimum Gasteiger partial charge on any atom is -0.481 e. The highest BCUT2D eigenvalue weighted by Crippen LogP contribution is 2.16. The molecule has 0 fully saturated rings. The summed E-state index contributed by atoms with van der Waals surface area (Å²) in [4.78, 5) is 22.4. The minimum absolute atomic E-state index is 0.160. The Morgan fingerprint density at radius 1 is 1.44 bits per heavy atom. The fraction of sp³-hybridized carbons (Fsp3) is 0.333. The molecular weight excluding hydrogens is 228 g/mol. The summed E-state index contributed by atoms with van der Waals surface area (Å²) in [5.74, 6) is -1.19. The summed E-state index contributed by atoms with van der Waals surface area (Å²) in [5, 5.41) is 8.12. The number of alkyl halides is 1. The molecule has 0 saturated heterocycles. The lowest BCUT2D eigenvalue weighted by Crippen LogP contribution is -2.15. The lowest BCUT2D eigenvalue weighted by Gasteiger charge is -2.09. The van der Waals surface area contributed by atoms with Crippen LogP contribution in [0.2, 0.25) is 0 Å². The molecule has 1 aromatic rings. The Morgan fingerprint density at radius 2 is 2.06 bits per heavy atom. The number of carboxylic acids is 1. The highest BCUT2D eigenvalue weighted by Gasteiger charge is 2.17. The highest BCUT2D eigenvalue weighted by molar-refractivity contribution is 6.33. The summed E-state index contributed by atoms with van der Waals surface area (Å²) in [6.45, 7) is 3.43. The van der Waals surface area contributed by atoms with Crippen LogP contribution in [0.25, 0.3) is 0 Å². The first-order chi connectivity index (χ1) is 7.41. The largest absolute Gasteiger partial charge is 0.481 e. The van der Waals surface area contributed by atoms with Gasteiger partial charge in [-0.2, -0.15) is 0 Å². The lowest BCUT2D eigenvalue weighted by molar-refractivity contribution is -0.136. The molecule has 4 heteroatoms. The topological polar surface area (TPSA) is 54.4 Å². The fourth-order valence-electron chi connectivity index (χ4n) is 1.49. The number of hydrogen-bond donors (Lipinski definition) is 1. The van der Waals surface area contributed by atoms with Gasteiger partial charge in [0.1, 0.15) is 0 Å². The third kappa shape index (κ3) is 3.07. The van der Waals surface area contributed by atoms with Crippen LogP contribution >= 0.6 is 11.6 Å². The maximum atomic E-state index is 11.7. The van der Waals surface area contributed by atoms with Gasteiger partial charge in [-0.25, -0.2) is 0 Å². The highest BCUT2D eigenvalue weighted by atomic mass is 35.5. The van der Waals surface area contributed by atoms with E-state index in [1.165, 1.54) is 0 Å². The van der Waals surface area contributed by atoms with Gasteiger partial charge < -0.3 is 5.11 Å². The van der Waals surface area contributed by atoms with E-state index >= 15 is 0 Å². The summed E-state index contributed by atoms with van der Waals surface area (Å²) in [7, 11) is 0. The van der Waals surface area contributed by atoms with E-state index in [-0.39, 0.29) is 12.2 Å². The molecule has 0 aromatic heterocycles. The first kappa shape index (κ1) is 12.7. The minimum atomic E-state index is -0.957. The van der Waals surface area contributed by atoms with Gasteiger partial charge in [-0.15, -0.1) is 11.6 Å². The van der Waals surface area contributed by atoms with E-state index in [1.807, 2.05) is 6.92 Å². The van der Waals surface area contributed by atoms with Crippen molar-refractivity contribution in [2.24, 2.45) is 0 Å². The molecule has 1 N–H and O–H groups in total. The summed E-state index contributed by atoms with van der Waals surface area (Å²) in [5.41, 5.74) is 1.84. The number of halogens is 1. The Kier molecular flexibility index (Phi) is 4.07. The Morgan fingerprint density at radius 3 is 2.56 bits per heavy atom. The smallest absolute Gasteiger partial charge is 0.307 e. The van der Waals surface area contributed by atoms with Crippen molar-refractivity contribution in [3.8, 4) is 0 Å². The average Bonchev–Trinajstić information content (AvgIpc) is 2.15. The van der Waals surface area contributed by atoms with E-state index in [9.17, 15) is 9.59 Å². The molecule has 0 bridgehead atoms. The molecule has 3 nitrogen and oxygen atoms in total. The number of benzene rings is 1. The lowest BCUT2D eigenvalue weighted by atomic mass is 9.97. The number of carbonyl (C=O) groups excluding carboxylic acids is 1. The Bertz CT molecular complexity index is 424. The number of ketones is 1. The van der Waals surface area contributed by atoms with Crippen molar-refractivity contribution in [2.75, 3.05) is 0 Å². The summed E-state index contributed by atoms with van der Waals surface area (Å²) >= 11 is 5.71. The number of hydrogen-bond acceptors (Lipinski definition) is 2.